The van der Waals surface area contributed by atoms with Crippen LogP contribution in [0.4, 0.5) is 10.6 Å². The molecule has 2 fully saturated rings. The third kappa shape index (κ3) is 4.67. The first-order chi connectivity index (χ1) is 18.4. The van der Waals surface area contributed by atoms with Gasteiger partial charge in [-0.25, -0.2) is 19.7 Å². The van der Waals surface area contributed by atoms with Crippen LogP contribution in [0.1, 0.15) is 32.6 Å². The van der Waals surface area contributed by atoms with Crippen LogP contribution in [0.25, 0.3) is 28.2 Å². The van der Waals surface area contributed by atoms with Gasteiger partial charge in [0.1, 0.15) is 12.2 Å². The first-order valence-electron chi connectivity index (χ1n) is 13.0. The predicted molar refractivity (Wildman–Crippen MR) is 151 cm³/mol. The fraction of sp³-hybridized carbons (Fsp3) is 0.357. The smallest absolute Gasteiger partial charge is 0.317 e. The number of anilines is 1. The van der Waals surface area contributed by atoms with E-state index in [1.54, 1.807) is 6.33 Å². The molecule has 1 saturated carbocycles. The van der Waals surface area contributed by atoms with Crippen LogP contribution in [0, 0.1) is 0 Å². The van der Waals surface area contributed by atoms with Crippen LogP contribution in [0.5, 0.6) is 0 Å². The lowest BCUT2D eigenvalue weighted by Crippen LogP contribution is -2.56. The third-order valence-electron chi connectivity index (χ3n) is 7.61. The Morgan fingerprint density at radius 3 is 2.37 bits per heavy atom. The molecule has 1 aliphatic carbocycles. The maximum absolute atomic E-state index is 13.0. The quantitative estimate of drug-likeness (QED) is 0.340. The number of imidazole rings is 1. The number of halogens is 2. The van der Waals surface area contributed by atoms with Gasteiger partial charge in [0.05, 0.1) is 5.02 Å². The molecule has 6 rings (SSSR count). The highest BCUT2D eigenvalue weighted by Gasteiger charge is 2.33. The maximum Gasteiger partial charge on any atom is 0.317 e. The number of aromatic nitrogens is 4. The average Bonchev–Trinajstić information content (AvgIpc) is 3.53. The molecule has 0 unspecified atom stereocenters. The lowest BCUT2D eigenvalue weighted by molar-refractivity contribution is 0.181. The first-order valence-corrected chi connectivity index (χ1v) is 13.7. The zero-order valence-corrected chi connectivity index (χ0v) is 22.7. The molecule has 10 heteroatoms. The first kappa shape index (κ1) is 24.9. The van der Waals surface area contributed by atoms with E-state index >= 15 is 0 Å². The molecule has 8 nitrogen and oxygen atoms in total. The molecule has 3 heterocycles. The van der Waals surface area contributed by atoms with Gasteiger partial charge in [0.25, 0.3) is 0 Å². The van der Waals surface area contributed by atoms with Crippen molar-refractivity contribution in [1.82, 2.24) is 29.7 Å². The summed E-state index contributed by atoms with van der Waals surface area (Å²) in [5, 5.41) is 4.52. The highest BCUT2D eigenvalue weighted by atomic mass is 35.5. The fourth-order valence-corrected chi connectivity index (χ4v) is 5.85. The van der Waals surface area contributed by atoms with Crippen LogP contribution >= 0.6 is 23.2 Å². The van der Waals surface area contributed by atoms with Crippen molar-refractivity contribution in [2.45, 2.75) is 38.1 Å². The van der Waals surface area contributed by atoms with E-state index in [0.29, 0.717) is 53.2 Å². The van der Waals surface area contributed by atoms with Crippen molar-refractivity contribution in [2.75, 3.05) is 31.1 Å². The molecule has 1 saturated heterocycles. The summed E-state index contributed by atoms with van der Waals surface area (Å²) in [6.45, 7) is 4.70. The van der Waals surface area contributed by atoms with E-state index in [2.05, 4.69) is 27.1 Å². The van der Waals surface area contributed by atoms with Gasteiger partial charge in [0, 0.05) is 48.0 Å². The molecule has 2 aliphatic rings. The molecule has 196 valence electrons. The number of nitrogens with zero attached hydrogens (tertiary/aromatic N) is 6. The average molecular weight is 550 g/mol. The molecule has 2 amide bonds. The zero-order chi connectivity index (χ0) is 26.3. The molecule has 1 aliphatic heterocycles. The van der Waals surface area contributed by atoms with Gasteiger partial charge in [-0.05, 0) is 56.2 Å². The van der Waals surface area contributed by atoms with Crippen molar-refractivity contribution >= 4 is 46.2 Å². The number of carbonyl (C=O) groups excluding carboxylic acids is 1. The van der Waals surface area contributed by atoms with Gasteiger partial charge < -0.3 is 15.1 Å². The molecular weight excluding hydrogens is 521 g/mol. The maximum atomic E-state index is 13.0. The number of nitrogens with one attached hydrogen (secondary N) is 1. The van der Waals surface area contributed by atoms with Gasteiger partial charge in [-0.2, -0.15) is 0 Å². The lowest BCUT2D eigenvalue weighted by atomic mass is 10.0. The van der Waals surface area contributed by atoms with E-state index in [-0.39, 0.29) is 11.6 Å². The summed E-state index contributed by atoms with van der Waals surface area (Å²) in [5.74, 6) is 1.43. The molecule has 0 spiro atoms. The summed E-state index contributed by atoms with van der Waals surface area (Å²) in [7, 11) is 0. The number of hydrogen-bond acceptors (Lipinski definition) is 5. The van der Waals surface area contributed by atoms with E-state index < -0.39 is 0 Å². The highest BCUT2D eigenvalue weighted by molar-refractivity contribution is 6.33. The fourth-order valence-electron chi connectivity index (χ4n) is 5.51. The highest BCUT2D eigenvalue weighted by Crippen LogP contribution is 2.35. The summed E-state index contributed by atoms with van der Waals surface area (Å²) >= 11 is 12.8. The molecule has 4 aromatic rings. The SMILES string of the molecule is CC1(NC(=O)N2CCN(c3ncnc4c3nc(-c3ccccc3Cl)n4-c3ccc(Cl)cc3)CC2)CCCC1. The molecule has 1 N–H and O–H groups in total. The summed E-state index contributed by atoms with van der Waals surface area (Å²) in [4.78, 5) is 31.4. The normalized spacial score (nSPS) is 17.2. The Labute approximate surface area is 231 Å². The lowest BCUT2D eigenvalue weighted by Gasteiger charge is -2.37. The molecule has 0 bridgehead atoms. The van der Waals surface area contributed by atoms with Crippen LogP contribution in [-0.4, -0.2) is 62.2 Å². The molecule has 2 aromatic heterocycles. The Bertz CT molecular complexity index is 1470. The minimum absolute atomic E-state index is 0.0231. The molecular formula is C28H29Cl2N7O. The van der Waals surface area contributed by atoms with Crippen LogP contribution in [0.2, 0.25) is 10.0 Å². The topological polar surface area (TPSA) is 79.2 Å². The van der Waals surface area contributed by atoms with E-state index in [4.69, 9.17) is 28.2 Å². The van der Waals surface area contributed by atoms with Crippen LogP contribution < -0.4 is 10.2 Å². The Kier molecular flexibility index (Phi) is 6.61. The molecule has 2 aromatic carbocycles. The minimum atomic E-state index is -0.0867. The van der Waals surface area contributed by atoms with E-state index in [9.17, 15) is 4.79 Å². The molecule has 0 radical (unpaired) electrons. The Hall–Kier alpha value is -3.36. The number of rotatable bonds is 4. The number of amides is 2. The number of benzene rings is 2. The second-order valence-electron chi connectivity index (χ2n) is 10.3. The van der Waals surface area contributed by atoms with Crippen LogP contribution in [0.3, 0.4) is 0 Å². The number of piperazine rings is 1. The number of fused-ring (bicyclic) bond motifs is 1. The summed E-state index contributed by atoms with van der Waals surface area (Å²) in [6.07, 6.45) is 6.01. The van der Waals surface area contributed by atoms with Crippen molar-refractivity contribution in [3.63, 3.8) is 0 Å². The van der Waals surface area contributed by atoms with Gasteiger partial charge in [0.15, 0.2) is 17.0 Å². The van der Waals surface area contributed by atoms with E-state index in [1.807, 2.05) is 58.0 Å². The third-order valence-corrected chi connectivity index (χ3v) is 8.19. The second kappa shape index (κ2) is 10.1. The van der Waals surface area contributed by atoms with Crippen molar-refractivity contribution in [1.29, 1.82) is 0 Å². The van der Waals surface area contributed by atoms with E-state index in [0.717, 1.165) is 29.9 Å². The largest absolute Gasteiger partial charge is 0.351 e. The Balaban J connectivity index is 1.33. The second-order valence-corrected chi connectivity index (χ2v) is 11.1. The Morgan fingerprint density at radius 2 is 1.66 bits per heavy atom. The summed E-state index contributed by atoms with van der Waals surface area (Å²) in [5.41, 5.74) is 2.96. The van der Waals surface area contributed by atoms with Crippen LogP contribution in [0.15, 0.2) is 54.9 Å². The van der Waals surface area contributed by atoms with Crippen molar-refractivity contribution in [2.24, 2.45) is 0 Å². The molecule has 38 heavy (non-hydrogen) atoms. The predicted octanol–water partition coefficient (Wildman–Crippen LogP) is 5.95. The number of carbonyl (C=O) groups is 1. The summed E-state index contributed by atoms with van der Waals surface area (Å²) < 4.78 is 1.99. The monoisotopic (exact) mass is 549 g/mol. The molecule has 0 atom stereocenters. The van der Waals surface area contributed by atoms with Gasteiger partial charge in [0.2, 0.25) is 0 Å². The number of urea groups is 1. The van der Waals surface area contributed by atoms with Crippen LogP contribution in [-0.2, 0) is 0 Å². The van der Waals surface area contributed by atoms with Gasteiger partial charge in [-0.1, -0.05) is 48.2 Å². The van der Waals surface area contributed by atoms with Gasteiger partial charge >= 0.3 is 6.03 Å². The van der Waals surface area contributed by atoms with Crippen molar-refractivity contribution in [3.8, 4) is 17.1 Å². The minimum Gasteiger partial charge on any atom is -0.351 e. The van der Waals surface area contributed by atoms with E-state index in [1.165, 1.54) is 12.8 Å². The van der Waals surface area contributed by atoms with Crippen molar-refractivity contribution in [3.05, 3.63) is 64.9 Å². The van der Waals surface area contributed by atoms with Gasteiger partial charge in [-0.15, -0.1) is 0 Å². The summed E-state index contributed by atoms with van der Waals surface area (Å²) in [6, 6.07) is 15.2. The standard InChI is InChI=1S/C28H29Cl2N7O/c1-28(12-4-5-13-28)34-27(38)36-16-14-35(15-17-36)25-23-26(32-18-31-25)37(20-10-8-19(29)9-11-20)24(33-23)21-6-2-3-7-22(21)30/h2-3,6-11,18H,4-5,12-17H2,1H3,(H,34,38). The number of hydrogen-bond donors (Lipinski definition) is 1. The van der Waals surface area contributed by atoms with Crippen molar-refractivity contribution < 1.29 is 4.79 Å². The Morgan fingerprint density at radius 1 is 0.947 bits per heavy atom. The zero-order valence-electron chi connectivity index (χ0n) is 21.2. The van der Waals surface area contributed by atoms with Gasteiger partial charge in [-0.3, -0.25) is 4.57 Å².